The molecule has 2 aromatic rings. The van der Waals surface area contributed by atoms with Crippen molar-refractivity contribution in [3.05, 3.63) is 36.0 Å². The molecule has 1 amide bonds. The van der Waals surface area contributed by atoms with Crippen molar-refractivity contribution in [2.75, 3.05) is 44.9 Å². The first kappa shape index (κ1) is 24.6. The summed E-state index contributed by atoms with van der Waals surface area (Å²) in [6.07, 6.45) is 5.88. The van der Waals surface area contributed by atoms with Crippen LogP contribution in [0.15, 0.2) is 30.5 Å². The topological polar surface area (TPSA) is 108 Å². The standard InChI is InChI=1S/C16H15N3O3.C10H17NO2/c1-10-9-22-15-4-3-13(20)6-14(15)19(10)12-5-11(7-17)16(21-2)18-8-12;12-10(11-5-1-2-6-11)9-3-7-13-8-4-9/h3-6,8,10,20H,9H2,1-2H3;9H,1-8H2. The number of methoxy groups -OCH3 is 1. The molecule has 0 saturated carbocycles. The van der Waals surface area contributed by atoms with Gasteiger partial charge in [-0.25, -0.2) is 4.98 Å². The summed E-state index contributed by atoms with van der Waals surface area (Å²) in [6, 6.07) is 8.79. The number of phenolic OH excluding ortho intramolecular Hbond substituents is 1. The summed E-state index contributed by atoms with van der Waals surface area (Å²) in [5, 5.41) is 19.0. The molecule has 0 aliphatic carbocycles. The van der Waals surface area contributed by atoms with Crippen molar-refractivity contribution < 1.29 is 24.1 Å². The molecule has 0 bridgehead atoms. The number of nitriles is 1. The fourth-order valence-electron chi connectivity index (χ4n) is 4.69. The first-order valence-electron chi connectivity index (χ1n) is 12.1. The number of aromatic nitrogens is 1. The number of aromatic hydroxyl groups is 1. The number of fused-ring (bicyclic) bond motifs is 1. The van der Waals surface area contributed by atoms with Gasteiger partial charge in [-0.15, -0.1) is 0 Å². The van der Waals surface area contributed by atoms with E-state index in [1.165, 1.54) is 20.0 Å². The molecule has 1 aromatic carbocycles. The Morgan fingerprint density at radius 1 is 1.23 bits per heavy atom. The zero-order chi connectivity index (χ0) is 24.8. The van der Waals surface area contributed by atoms with Crippen LogP contribution in [0.1, 0.15) is 38.2 Å². The van der Waals surface area contributed by atoms with Gasteiger partial charge in [0.15, 0.2) is 0 Å². The first-order chi connectivity index (χ1) is 17.0. The zero-order valence-electron chi connectivity index (χ0n) is 20.3. The van der Waals surface area contributed by atoms with Crippen molar-refractivity contribution >= 4 is 17.3 Å². The minimum absolute atomic E-state index is 0.0380. The summed E-state index contributed by atoms with van der Waals surface area (Å²) in [5.41, 5.74) is 1.86. The van der Waals surface area contributed by atoms with Gasteiger partial charge < -0.3 is 29.1 Å². The summed E-state index contributed by atoms with van der Waals surface area (Å²) >= 11 is 0. The van der Waals surface area contributed by atoms with E-state index in [2.05, 4.69) is 11.1 Å². The largest absolute Gasteiger partial charge is 0.508 e. The summed E-state index contributed by atoms with van der Waals surface area (Å²) in [6.45, 7) is 6.01. The second-order valence-corrected chi connectivity index (χ2v) is 8.96. The van der Waals surface area contributed by atoms with Gasteiger partial charge in [0.2, 0.25) is 11.8 Å². The van der Waals surface area contributed by atoms with Gasteiger partial charge in [0.25, 0.3) is 0 Å². The van der Waals surface area contributed by atoms with Gasteiger partial charge in [0.1, 0.15) is 29.7 Å². The van der Waals surface area contributed by atoms with Crippen LogP contribution in [0, 0.1) is 17.2 Å². The molecule has 1 aromatic heterocycles. The van der Waals surface area contributed by atoms with E-state index in [4.69, 9.17) is 14.2 Å². The van der Waals surface area contributed by atoms with Gasteiger partial charge in [-0.2, -0.15) is 5.26 Å². The molecule has 0 radical (unpaired) electrons. The summed E-state index contributed by atoms with van der Waals surface area (Å²) < 4.78 is 16.0. The molecule has 3 aliphatic rings. The molecule has 4 heterocycles. The molecule has 2 saturated heterocycles. The van der Waals surface area contributed by atoms with Crippen LogP contribution in [0.5, 0.6) is 17.4 Å². The lowest BCUT2D eigenvalue weighted by atomic mass is 9.99. The zero-order valence-corrected chi connectivity index (χ0v) is 20.3. The van der Waals surface area contributed by atoms with E-state index in [9.17, 15) is 15.2 Å². The number of amides is 1. The fourth-order valence-corrected chi connectivity index (χ4v) is 4.69. The van der Waals surface area contributed by atoms with E-state index in [1.54, 1.807) is 30.5 Å². The van der Waals surface area contributed by atoms with Crippen LogP contribution in [0.3, 0.4) is 0 Å². The number of pyridine rings is 1. The van der Waals surface area contributed by atoms with Crippen LogP contribution in [0.25, 0.3) is 0 Å². The predicted molar refractivity (Wildman–Crippen MR) is 130 cm³/mol. The minimum atomic E-state index is 0.0380. The third-order valence-corrected chi connectivity index (χ3v) is 6.54. The lowest BCUT2D eigenvalue weighted by molar-refractivity contribution is -0.137. The number of benzene rings is 1. The molecule has 1 unspecified atom stereocenters. The highest BCUT2D eigenvalue weighted by Crippen LogP contribution is 2.41. The van der Waals surface area contributed by atoms with E-state index < -0.39 is 0 Å². The second-order valence-electron chi connectivity index (χ2n) is 8.96. The first-order valence-corrected chi connectivity index (χ1v) is 12.1. The molecule has 0 spiro atoms. The number of ether oxygens (including phenoxy) is 3. The van der Waals surface area contributed by atoms with Gasteiger partial charge in [-0.05, 0) is 50.8 Å². The molecular weight excluding hydrogens is 448 g/mol. The van der Waals surface area contributed by atoms with Gasteiger partial charge >= 0.3 is 0 Å². The summed E-state index contributed by atoms with van der Waals surface area (Å²) in [7, 11) is 1.48. The van der Waals surface area contributed by atoms with Crippen molar-refractivity contribution in [3.63, 3.8) is 0 Å². The molecular formula is C26H32N4O5. The molecule has 5 rings (SSSR count). The van der Waals surface area contributed by atoms with Crippen LogP contribution in [0.2, 0.25) is 0 Å². The smallest absolute Gasteiger partial charge is 0.231 e. The van der Waals surface area contributed by atoms with E-state index >= 15 is 0 Å². The maximum atomic E-state index is 11.9. The molecule has 2 fully saturated rings. The van der Waals surface area contributed by atoms with Gasteiger partial charge in [0, 0.05) is 38.3 Å². The normalized spacial score (nSPS) is 19.6. The SMILES string of the molecule is COc1ncc(N2c3cc(O)ccc3OCC2C)cc1C#N.O=C(C1CCOCC1)N1CCCC1. The number of carbonyl (C=O) groups is 1. The predicted octanol–water partition coefficient (Wildman–Crippen LogP) is 3.62. The average Bonchev–Trinajstić information content (AvgIpc) is 3.44. The molecule has 1 N–H and O–H groups in total. The molecule has 9 nitrogen and oxygen atoms in total. The monoisotopic (exact) mass is 480 g/mol. The van der Waals surface area contributed by atoms with Crippen molar-refractivity contribution in [3.8, 4) is 23.4 Å². The van der Waals surface area contributed by atoms with Gasteiger partial charge in [-0.1, -0.05) is 0 Å². The lowest BCUT2D eigenvalue weighted by Crippen LogP contribution is -2.37. The van der Waals surface area contributed by atoms with Crippen LogP contribution in [-0.2, 0) is 9.53 Å². The van der Waals surface area contributed by atoms with Crippen molar-refractivity contribution in [1.82, 2.24) is 9.88 Å². The lowest BCUT2D eigenvalue weighted by Gasteiger charge is -2.36. The molecule has 9 heteroatoms. The van der Waals surface area contributed by atoms with E-state index in [0.717, 1.165) is 50.5 Å². The van der Waals surface area contributed by atoms with E-state index in [-0.39, 0.29) is 17.7 Å². The highest BCUT2D eigenvalue weighted by molar-refractivity contribution is 5.79. The quantitative estimate of drug-likeness (QED) is 0.710. The molecule has 35 heavy (non-hydrogen) atoms. The maximum Gasteiger partial charge on any atom is 0.231 e. The average molecular weight is 481 g/mol. The Morgan fingerprint density at radius 3 is 2.66 bits per heavy atom. The van der Waals surface area contributed by atoms with Gasteiger partial charge in [-0.3, -0.25) is 4.79 Å². The molecule has 1 atom stereocenters. The van der Waals surface area contributed by atoms with Gasteiger partial charge in [0.05, 0.1) is 30.7 Å². The van der Waals surface area contributed by atoms with Crippen LogP contribution < -0.4 is 14.4 Å². The van der Waals surface area contributed by atoms with Crippen molar-refractivity contribution in [2.45, 2.75) is 38.6 Å². The number of carbonyl (C=O) groups excluding carboxylic acids is 1. The van der Waals surface area contributed by atoms with Crippen LogP contribution >= 0.6 is 0 Å². The highest BCUT2D eigenvalue weighted by Gasteiger charge is 2.28. The number of anilines is 2. The highest BCUT2D eigenvalue weighted by atomic mass is 16.5. The Hall–Kier alpha value is -3.51. The molecule has 3 aliphatic heterocycles. The van der Waals surface area contributed by atoms with Crippen molar-refractivity contribution in [1.29, 1.82) is 5.26 Å². The number of likely N-dealkylation sites (tertiary alicyclic amines) is 1. The maximum absolute atomic E-state index is 11.9. The minimum Gasteiger partial charge on any atom is -0.508 e. The van der Waals surface area contributed by atoms with E-state index in [1.807, 2.05) is 16.7 Å². The fraction of sp³-hybridized carbons (Fsp3) is 0.500. The Balaban J connectivity index is 0.000000189. The van der Waals surface area contributed by atoms with Crippen LogP contribution in [0.4, 0.5) is 11.4 Å². The number of phenols is 1. The Morgan fingerprint density at radius 2 is 1.97 bits per heavy atom. The summed E-state index contributed by atoms with van der Waals surface area (Å²) in [4.78, 5) is 20.1. The number of hydrogen-bond acceptors (Lipinski definition) is 8. The Bertz CT molecular complexity index is 1070. The van der Waals surface area contributed by atoms with E-state index in [0.29, 0.717) is 29.7 Å². The number of rotatable bonds is 3. The Labute approximate surface area is 205 Å². The third-order valence-electron chi connectivity index (χ3n) is 6.54. The Kier molecular flexibility index (Phi) is 7.93. The van der Waals surface area contributed by atoms with Crippen molar-refractivity contribution in [2.24, 2.45) is 5.92 Å². The second kappa shape index (κ2) is 11.3. The number of nitrogens with zero attached hydrogens (tertiary/aromatic N) is 4. The molecule has 186 valence electrons. The third kappa shape index (κ3) is 5.60. The summed E-state index contributed by atoms with van der Waals surface area (Å²) in [5.74, 6) is 1.77. The number of hydrogen-bond donors (Lipinski definition) is 1. The van der Waals surface area contributed by atoms with Crippen LogP contribution in [-0.4, -0.2) is 67.0 Å².